The molecule has 1 aliphatic heterocycles. The fourth-order valence-electron chi connectivity index (χ4n) is 3.48. The third-order valence-corrected chi connectivity index (χ3v) is 5.03. The van der Waals surface area contributed by atoms with Crippen molar-refractivity contribution in [3.8, 4) is 5.75 Å². The van der Waals surface area contributed by atoms with E-state index in [0.717, 1.165) is 24.5 Å². The van der Waals surface area contributed by atoms with Gasteiger partial charge in [-0.05, 0) is 37.6 Å². The Morgan fingerprint density at radius 2 is 1.66 bits per heavy atom. The number of carbonyl (C=O) groups is 2. The molecule has 0 unspecified atom stereocenters. The predicted octanol–water partition coefficient (Wildman–Crippen LogP) is 2.94. The van der Waals surface area contributed by atoms with Gasteiger partial charge in [-0.2, -0.15) is 0 Å². The second kappa shape index (κ2) is 10.5. The zero-order chi connectivity index (χ0) is 20.5. The van der Waals surface area contributed by atoms with E-state index in [4.69, 9.17) is 4.74 Å². The van der Waals surface area contributed by atoms with Gasteiger partial charge < -0.3 is 19.9 Å². The van der Waals surface area contributed by atoms with Crippen LogP contribution in [0, 0.1) is 0 Å². The average molecular weight is 396 g/mol. The topological polar surface area (TPSA) is 61.9 Å². The van der Waals surface area contributed by atoms with Crippen LogP contribution < -0.4 is 15.0 Å². The number of hydrogen-bond donors (Lipinski definition) is 1. The number of rotatable bonds is 8. The number of carbonyl (C=O) groups excluding carboxylic acids is 2. The molecule has 1 heterocycles. The zero-order valence-corrected chi connectivity index (χ0v) is 17.0. The van der Waals surface area contributed by atoms with Crippen molar-refractivity contribution in [2.24, 2.45) is 0 Å². The molecular weight excluding hydrogens is 366 g/mol. The first-order chi connectivity index (χ1) is 14.2. The molecule has 0 atom stereocenters. The minimum Gasteiger partial charge on any atom is -0.492 e. The summed E-state index contributed by atoms with van der Waals surface area (Å²) in [5.41, 5.74) is 1.73. The fourth-order valence-corrected chi connectivity index (χ4v) is 3.48. The molecule has 1 fully saturated rings. The Hall–Kier alpha value is -3.02. The second-order valence-corrected chi connectivity index (χ2v) is 6.99. The lowest BCUT2D eigenvalue weighted by Crippen LogP contribution is -2.49. The largest absolute Gasteiger partial charge is 0.492 e. The summed E-state index contributed by atoms with van der Waals surface area (Å²) in [6.45, 7) is 6.11. The molecule has 1 aliphatic rings. The summed E-state index contributed by atoms with van der Waals surface area (Å²) in [5, 5.41) is 2.87. The molecule has 0 radical (unpaired) electrons. The number of hydrogen-bond acceptors (Lipinski definition) is 4. The Morgan fingerprint density at radius 1 is 0.966 bits per heavy atom. The molecule has 1 N–H and O–H groups in total. The van der Waals surface area contributed by atoms with Crippen LogP contribution >= 0.6 is 0 Å². The van der Waals surface area contributed by atoms with E-state index in [-0.39, 0.29) is 11.8 Å². The summed E-state index contributed by atoms with van der Waals surface area (Å²) in [4.78, 5) is 28.7. The molecule has 29 heavy (non-hydrogen) atoms. The molecule has 6 heteroatoms. The monoisotopic (exact) mass is 395 g/mol. The van der Waals surface area contributed by atoms with E-state index in [0.29, 0.717) is 44.6 Å². The first-order valence-corrected chi connectivity index (χ1v) is 10.3. The summed E-state index contributed by atoms with van der Waals surface area (Å²) < 4.78 is 5.72. The van der Waals surface area contributed by atoms with E-state index >= 15 is 0 Å². The number of para-hydroxylation sites is 2. The van der Waals surface area contributed by atoms with Gasteiger partial charge in [-0.15, -0.1) is 0 Å². The Balaban J connectivity index is 1.40. The first-order valence-electron chi connectivity index (χ1n) is 10.3. The third-order valence-electron chi connectivity index (χ3n) is 5.03. The lowest BCUT2D eigenvalue weighted by molar-refractivity contribution is -0.131. The molecule has 1 saturated heterocycles. The van der Waals surface area contributed by atoms with Gasteiger partial charge >= 0.3 is 0 Å². The highest BCUT2D eigenvalue weighted by molar-refractivity contribution is 5.94. The maximum atomic E-state index is 12.5. The van der Waals surface area contributed by atoms with Gasteiger partial charge in [0.1, 0.15) is 5.75 Å². The number of nitrogens with one attached hydrogen (secondary N) is 1. The number of amides is 2. The quantitative estimate of drug-likeness (QED) is 0.698. The van der Waals surface area contributed by atoms with E-state index < -0.39 is 0 Å². The normalized spacial score (nSPS) is 13.8. The Labute approximate surface area is 172 Å². The van der Waals surface area contributed by atoms with Crippen molar-refractivity contribution in [1.29, 1.82) is 0 Å². The van der Waals surface area contributed by atoms with Crippen LogP contribution in [-0.4, -0.2) is 56.0 Å². The van der Waals surface area contributed by atoms with Crippen molar-refractivity contribution >= 4 is 17.5 Å². The maximum absolute atomic E-state index is 12.5. The number of anilines is 1. The molecule has 3 rings (SSSR count). The van der Waals surface area contributed by atoms with Crippen molar-refractivity contribution in [2.75, 3.05) is 44.2 Å². The first kappa shape index (κ1) is 20.7. The van der Waals surface area contributed by atoms with Crippen molar-refractivity contribution in [2.45, 2.75) is 19.8 Å². The molecule has 0 aliphatic carbocycles. The Morgan fingerprint density at radius 3 is 2.38 bits per heavy atom. The number of piperazine rings is 1. The lowest BCUT2D eigenvalue weighted by Gasteiger charge is -2.36. The molecule has 0 saturated carbocycles. The highest BCUT2D eigenvalue weighted by Gasteiger charge is 2.22. The van der Waals surface area contributed by atoms with Crippen LogP contribution in [0.4, 0.5) is 5.69 Å². The molecule has 6 nitrogen and oxygen atoms in total. The summed E-state index contributed by atoms with van der Waals surface area (Å²) in [5.74, 6) is 0.945. The van der Waals surface area contributed by atoms with Gasteiger partial charge in [0.05, 0.1) is 12.3 Å². The number of nitrogens with zero attached hydrogens (tertiary/aromatic N) is 2. The van der Waals surface area contributed by atoms with Crippen molar-refractivity contribution in [3.05, 3.63) is 60.2 Å². The standard InChI is InChI=1S/C23H29N3O3/c1-2-29-21-12-7-6-11-20(21)25-15-17-26(18-16-25)22(27)13-8-14-24-23(28)19-9-4-3-5-10-19/h3-7,9-12H,2,8,13-18H2,1H3,(H,24,28). The van der Waals surface area contributed by atoms with E-state index in [1.807, 2.05) is 48.2 Å². The molecule has 2 amide bonds. The maximum Gasteiger partial charge on any atom is 0.251 e. The highest BCUT2D eigenvalue weighted by Crippen LogP contribution is 2.28. The summed E-state index contributed by atoms with van der Waals surface area (Å²) in [7, 11) is 0. The van der Waals surface area contributed by atoms with Crippen molar-refractivity contribution in [3.63, 3.8) is 0 Å². The Kier molecular flexibility index (Phi) is 7.50. The molecule has 2 aromatic rings. The predicted molar refractivity (Wildman–Crippen MR) is 114 cm³/mol. The van der Waals surface area contributed by atoms with Crippen LogP contribution in [-0.2, 0) is 4.79 Å². The van der Waals surface area contributed by atoms with Crippen LogP contribution in [0.3, 0.4) is 0 Å². The SMILES string of the molecule is CCOc1ccccc1N1CCN(C(=O)CCCNC(=O)c2ccccc2)CC1. The van der Waals surface area contributed by atoms with Crippen LogP contribution in [0.25, 0.3) is 0 Å². The van der Waals surface area contributed by atoms with E-state index in [1.54, 1.807) is 12.1 Å². The minimum atomic E-state index is -0.0976. The number of benzene rings is 2. The molecule has 2 aromatic carbocycles. The summed E-state index contributed by atoms with van der Waals surface area (Å²) >= 11 is 0. The second-order valence-electron chi connectivity index (χ2n) is 6.99. The molecular formula is C23H29N3O3. The lowest BCUT2D eigenvalue weighted by atomic mass is 10.2. The average Bonchev–Trinajstić information content (AvgIpc) is 2.78. The summed E-state index contributed by atoms with van der Waals surface area (Å²) in [6.07, 6.45) is 1.09. The summed E-state index contributed by atoms with van der Waals surface area (Å²) in [6, 6.07) is 17.2. The minimum absolute atomic E-state index is 0.0976. The van der Waals surface area contributed by atoms with Gasteiger partial charge in [0.2, 0.25) is 5.91 Å². The van der Waals surface area contributed by atoms with Crippen LogP contribution in [0.15, 0.2) is 54.6 Å². The van der Waals surface area contributed by atoms with Gasteiger partial charge in [0.25, 0.3) is 5.91 Å². The van der Waals surface area contributed by atoms with Gasteiger partial charge in [-0.3, -0.25) is 9.59 Å². The Bertz CT molecular complexity index is 802. The molecule has 0 aromatic heterocycles. The van der Waals surface area contributed by atoms with Crippen molar-refractivity contribution in [1.82, 2.24) is 10.2 Å². The molecule has 0 spiro atoms. The molecule has 154 valence electrons. The van der Waals surface area contributed by atoms with E-state index in [2.05, 4.69) is 16.3 Å². The van der Waals surface area contributed by atoms with Gasteiger partial charge in [-0.25, -0.2) is 0 Å². The third kappa shape index (κ3) is 5.73. The smallest absolute Gasteiger partial charge is 0.251 e. The molecule has 0 bridgehead atoms. The van der Waals surface area contributed by atoms with Crippen LogP contribution in [0.2, 0.25) is 0 Å². The van der Waals surface area contributed by atoms with Gasteiger partial charge in [0.15, 0.2) is 0 Å². The van der Waals surface area contributed by atoms with Gasteiger partial charge in [0, 0.05) is 44.7 Å². The van der Waals surface area contributed by atoms with Crippen molar-refractivity contribution < 1.29 is 14.3 Å². The van der Waals surface area contributed by atoms with E-state index in [9.17, 15) is 9.59 Å². The zero-order valence-electron chi connectivity index (χ0n) is 17.0. The number of ether oxygens (including phenoxy) is 1. The van der Waals surface area contributed by atoms with E-state index in [1.165, 1.54) is 0 Å². The van der Waals surface area contributed by atoms with Crippen LogP contribution in [0.5, 0.6) is 5.75 Å². The van der Waals surface area contributed by atoms with Crippen LogP contribution in [0.1, 0.15) is 30.1 Å². The fraction of sp³-hybridized carbons (Fsp3) is 0.391. The highest BCUT2D eigenvalue weighted by atomic mass is 16.5. The van der Waals surface area contributed by atoms with Gasteiger partial charge in [-0.1, -0.05) is 30.3 Å².